The van der Waals surface area contributed by atoms with Gasteiger partial charge in [-0.2, -0.15) is 0 Å². The molecule has 0 saturated carbocycles. The highest BCUT2D eigenvalue weighted by atomic mass is 16.5. The lowest BCUT2D eigenvalue weighted by atomic mass is 9.33. The number of rotatable bonds is 5. The van der Waals surface area contributed by atoms with E-state index >= 15 is 0 Å². The second-order valence-electron chi connectivity index (χ2n) is 13.9. The fourth-order valence-corrected chi connectivity index (χ4v) is 7.44. The van der Waals surface area contributed by atoms with Crippen LogP contribution in [0.25, 0.3) is 11.3 Å². The van der Waals surface area contributed by atoms with Gasteiger partial charge >= 0.3 is 0 Å². The van der Waals surface area contributed by atoms with Gasteiger partial charge in [-0.05, 0) is 112 Å². The lowest BCUT2D eigenvalue weighted by Crippen LogP contribution is -2.61. The summed E-state index contributed by atoms with van der Waals surface area (Å²) < 4.78 is 6.38. The van der Waals surface area contributed by atoms with Crippen molar-refractivity contribution in [3.63, 3.8) is 0 Å². The number of anilines is 6. The van der Waals surface area contributed by atoms with Gasteiger partial charge in [0.15, 0.2) is 0 Å². The van der Waals surface area contributed by atoms with E-state index in [1.807, 2.05) is 24.4 Å². The fraction of sp³-hybridized carbons (Fsp3) is 0.0909. The molecule has 2 aliphatic rings. The van der Waals surface area contributed by atoms with E-state index in [1.165, 1.54) is 22.0 Å². The van der Waals surface area contributed by atoms with Crippen LogP contribution in [0.1, 0.15) is 26.3 Å². The van der Waals surface area contributed by atoms with Crippen molar-refractivity contribution in [3.8, 4) is 22.9 Å². The van der Waals surface area contributed by atoms with Crippen molar-refractivity contribution in [1.82, 2.24) is 9.97 Å². The molecule has 5 aromatic carbocycles. The zero-order chi connectivity index (χ0) is 33.8. The molecule has 2 aliphatic heterocycles. The first-order valence-corrected chi connectivity index (χ1v) is 17.1. The molecule has 0 amide bonds. The average Bonchev–Trinajstić information content (AvgIpc) is 3.15. The Bertz CT molecular complexity index is 2340. The van der Waals surface area contributed by atoms with Crippen LogP contribution in [-0.2, 0) is 5.41 Å². The third-order valence-corrected chi connectivity index (χ3v) is 9.77. The van der Waals surface area contributed by atoms with Gasteiger partial charge in [0.2, 0.25) is 5.88 Å². The summed E-state index contributed by atoms with van der Waals surface area (Å²) in [6, 6.07) is 51.4. The highest BCUT2D eigenvalue weighted by Gasteiger charge is 2.43. The Morgan fingerprint density at radius 1 is 0.540 bits per heavy atom. The van der Waals surface area contributed by atoms with E-state index in [0.29, 0.717) is 5.88 Å². The number of fused-ring (bicyclic) bond motifs is 4. The molecule has 2 aromatic heterocycles. The van der Waals surface area contributed by atoms with Crippen molar-refractivity contribution in [1.29, 1.82) is 0 Å². The van der Waals surface area contributed by atoms with Crippen LogP contribution in [-0.4, -0.2) is 16.7 Å². The number of nitrogens with zero attached hydrogens (tertiary/aromatic N) is 4. The molecule has 5 nitrogen and oxygen atoms in total. The SMILES string of the molecule is CC(C)(C)c1ccnc(-c2ccc3c(c2)B2c4cc(Oc5ccccn5)ccc4N(c4ccccc4)c4cccc(c42)N3c2ccccc2)c1. The summed E-state index contributed by atoms with van der Waals surface area (Å²) >= 11 is 0. The maximum absolute atomic E-state index is 6.38. The molecule has 0 spiro atoms. The van der Waals surface area contributed by atoms with Gasteiger partial charge in [0.25, 0.3) is 6.71 Å². The molecule has 4 heterocycles. The second-order valence-corrected chi connectivity index (χ2v) is 13.9. The molecule has 50 heavy (non-hydrogen) atoms. The van der Waals surface area contributed by atoms with Gasteiger partial charge in [-0.25, -0.2) is 4.98 Å². The van der Waals surface area contributed by atoms with E-state index in [1.54, 1.807) is 6.20 Å². The molecule has 7 aromatic rings. The van der Waals surface area contributed by atoms with Crippen LogP contribution in [0.2, 0.25) is 0 Å². The molecule has 240 valence electrons. The van der Waals surface area contributed by atoms with E-state index in [-0.39, 0.29) is 12.1 Å². The van der Waals surface area contributed by atoms with Crippen LogP contribution in [0.4, 0.5) is 34.1 Å². The fourth-order valence-electron chi connectivity index (χ4n) is 7.44. The van der Waals surface area contributed by atoms with Crippen LogP contribution < -0.4 is 30.9 Å². The molecule has 0 fully saturated rings. The van der Waals surface area contributed by atoms with Crippen LogP contribution >= 0.6 is 0 Å². The Balaban J connectivity index is 1.32. The first-order chi connectivity index (χ1) is 24.4. The molecular formula is C44H35BN4O. The highest BCUT2D eigenvalue weighted by molar-refractivity contribution is 7.00. The second kappa shape index (κ2) is 11.8. The molecule has 0 unspecified atom stereocenters. The third-order valence-electron chi connectivity index (χ3n) is 9.77. The van der Waals surface area contributed by atoms with E-state index in [2.05, 4.69) is 163 Å². The summed E-state index contributed by atoms with van der Waals surface area (Å²) in [6.45, 7) is 6.68. The van der Waals surface area contributed by atoms with Gasteiger partial charge in [-0.3, -0.25) is 4.98 Å². The summed E-state index contributed by atoms with van der Waals surface area (Å²) in [6.07, 6.45) is 3.70. The third kappa shape index (κ3) is 5.03. The monoisotopic (exact) mass is 646 g/mol. The number of para-hydroxylation sites is 2. The molecule has 0 N–H and O–H groups in total. The molecule has 0 saturated heterocycles. The minimum Gasteiger partial charge on any atom is -0.439 e. The normalized spacial score (nSPS) is 13.0. The first kappa shape index (κ1) is 30.0. The highest BCUT2D eigenvalue weighted by Crippen LogP contribution is 2.44. The quantitative estimate of drug-likeness (QED) is 0.174. The van der Waals surface area contributed by atoms with Gasteiger partial charge < -0.3 is 14.5 Å². The van der Waals surface area contributed by atoms with Crippen molar-refractivity contribution in [3.05, 3.63) is 164 Å². The molecule has 0 atom stereocenters. The molecule has 9 rings (SSSR count). The standard InChI is InChI=1S/C44H35BN4O/c1-44(2,3)31-24-26-46-37(28-31)30-20-22-38-35(27-30)45-36-29-34(50-42-19-10-11-25-47-42)21-23-39(36)49(33-15-8-5-9-16-33)41-18-12-17-40(43(41)45)48(38)32-13-6-4-7-14-32/h4-29H,1-3H3. The van der Waals surface area contributed by atoms with E-state index in [9.17, 15) is 0 Å². The predicted molar refractivity (Wildman–Crippen MR) is 207 cm³/mol. The van der Waals surface area contributed by atoms with Crippen molar-refractivity contribution in [2.75, 3.05) is 9.80 Å². The first-order valence-electron chi connectivity index (χ1n) is 17.1. The molecule has 0 bridgehead atoms. The zero-order valence-electron chi connectivity index (χ0n) is 28.3. The molecule has 6 heteroatoms. The predicted octanol–water partition coefficient (Wildman–Crippen LogP) is 9.32. The largest absolute Gasteiger partial charge is 0.439 e. The Morgan fingerprint density at radius 2 is 1.18 bits per heavy atom. The van der Waals surface area contributed by atoms with Crippen molar-refractivity contribution in [2.24, 2.45) is 0 Å². The Kier molecular flexibility index (Phi) is 7.06. The van der Waals surface area contributed by atoms with Crippen molar-refractivity contribution in [2.45, 2.75) is 26.2 Å². The average molecular weight is 647 g/mol. The number of ether oxygens (including phenoxy) is 1. The van der Waals surface area contributed by atoms with Crippen LogP contribution in [0.5, 0.6) is 11.6 Å². The van der Waals surface area contributed by atoms with Crippen LogP contribution in [0.3, 0.4) is 0 Å². The van der Waals surface area contributed by atoms with Crippen LogP contribution in [0.15, 0.2) is 158 Å². The van der Waals surface area contributed by atoms with Crippen molar-refractivity contribution >= 4 is 57.2 Å². The summed E-state index contributed by atoms with van der Waals surface area (Å²) in [5.74, 6) is 1.31. The summed E-state index contributed by atoms with van der Waals surface area (Å²) in [7, 11) is 0. The van der Waals surface area contributed by atoms with Gasteiger partial charge in [-0.1, -0.05) is 81.4 Å². The minimum atomic E-state index is -0.0656. The maximum atomic E-state index is 6.38. The summed E-state index contributed by atoms with van der Waals surface area (Å²) in [4.78, 5) is 14.1. The Hall–Kier alpha value is -6.14. The molecule has 0 aliphatic carbocycles. The van der Waals surface area contributed by atoms with Gasteiger partial charge in [0, 0.05) is 52.6 Å². The van der Waals surface area contributed by atoms with Crippen molar-refractivity contribution < 1.29 is 4.74 Å². The lowest BCUT2D eigenvalue weighted by Gasteiger charge is -2.44. The molecular weight excluding hydrogens is 611 g/mol. The van der Waals surface area contributed by atoms with Crippen LogP contribution in [0, 0.1) is 0 Å². The zero-order valence-corrected chi connectivity index (χ0v) is 28.3. The number of aromatic nitrogens is 2. The number of benzene rings is 5. The van der Waals surface area contributed by atoms with Gasteiger partial charge in [0.05, 0.1) is 5.69 Å². The Labute approximate surface area is 293 Å². The van der Waals surface area contributed by atoms with Gasteiger partial charge in [-0.15, -0.1) is 0 Å². The van der Waals surface area contributed by atoms with E-state index < -0.39 is 0 Å². The number of hydrogen-bond acceptors (Lipinski definition) is 5. The summed E-state index contributed by atoms with van der Waals surface area (Å²) in [5, 5.41) is 0. The molecule has 0 radical (unpaired) electrons. The number of hydrogen-bond donors (Lipinski definition) is 0. The maximum Gasteiger partial charge on any atom is 0.252 e. The smallest absolute Gasteiger partial charge is 0.252 e. The van der Waals surface area contributed by atoms with E-state index in [0.717, 1.165) is 51.1 Å². The number of pyridine rings is 2. The topological polar surface area (TPSA) is 41.5 Å². The van der Waals surface area contributed by atoms with E-state index in [4.69, 9.17) is 9.72 Å². The lowest BCUT2D eigenvalue weighted by molar-refractivity contribution is 0.463. The Morgan fingerprint density at radius 3 is 1.82 bits per heavy atom. The summed E-state index contributed by atoms with van der Waals surface area (Å²) in [5.41, 5.74) is 13.8. The van der Waals surface area contributed by atoms with Gasteiger partial charge in [0.1, 0.15) is 5.75 Å². The minimum absolute atomic E-state index is 0.0110.